The lowest BCUT2D eigenvalue weighted by molar-refractivity contribution is -0.160. The first-order valence-electron chi connectivity index (χ1n) is 14.7. The maximum absolute atomic E-state index is 14.0. The van der Waals surface area contributed by atoms with Gasteiger partial charge in [-0.25, -0.2) is 13.2 Å². The number of hydrogen-bond donors (Lipinski definition) is 2. The quantitative estimate of drug-likeness (QED) is 0.215. The van der Waals surface area contributed by atoms with Crippen molar-refractivity contribution in [2.75, 3.05) is 30.3 Å². The Kier molecular flexibility index (Phi) is 8.39. The number of fused-ring (bicyclic) bond motifs is 2. The second kappa shape index (κ2) is 11.8. The molecule has 0 saturated carbocycles. The van der Waals surface area contributed by atoms with E-state index in [0.717, 1.165) is 46.4 Å². The van der Waals surface area contributed by atoms with E-state index in [1.54, 1.807) is 52.0 Å². The number of nitrogens with one attached hydrogen (secondary N) is 1. The Morgan fingerprint density at radius 2 is 1.73 bits per heavy atom. The number of benzene rings is 4. The van der Waals surface area contributed by atoms with Crippen LogP contribution in [-0.4, -0.2) is 45.8 Å². The molecule has 0 saturated heterocycles. The van der Waals surface area contributed by atoms with Crippen molar-refractivity contribution in [3.8, 4) is 16.9 Å². The van der Waals surface area contributed by atoms with Gasteiger partial charge < -0.3 is 19.5 Å². The standard InChI is InChI=1S/C35H40N2O6S/c1-21-19-27(36-44(40,41)30-15-9-12-25-26(30)13-8-14-28(25)37(6)7)22(2)32(33(34(38)39)43-35(3,4)5)31(21)24-16-17-29-23(20-24)11-10-18-42-29/h8-9,12-17,19-20,33,36H,10-11,18H2,1-7H3,(H,38,39). The summed E-state index contributed by atoms with van der Waals surface area (Å²) < 4.78 is 42.8. The molecule has 4 aromatic carbocycles. The Bertz CT molecular complexity index is 1860. The molecule has 1 atom stereocenters. The number of aliphatic carboxylic acids is 1. The van der Waals surface area contributed by atoms with Gasteiger partial charge in [0, 0.05) is 36.1 Å². The normalized spacial score (nSPS) is 14.1. The Hall–Kier alpha value is -4.08. The number of rotatable bonds is 8. The molecule has 0 spiro atoms. The Balaban J connectivity index is 1.70. The molecule has 8 nitrogen and oxygen atoms in total. The molecule has 44 heavy (non-hydrogen) atoms. The van der Waals surface area contributed by atoms with Crippen LogP contribution in [0.15, 0.2) is 65.6 Å². The molecule has 0 aromatic heterocycles. The van der Waals surface area contributed by atoms with Crippen LogP contribution in [-0.2, 0) is 26.0 Å². The van der Waals surface area contributed by atoms with E-state index in [0.29, 0.717) is 34.4 Å². The first-order chi connectivity index (χ1) is 20.7. The molecule has 5 rings (SSSR count). The molecular weight excluding hydrogens is 576 g/mol. The molecule has 232 valence electrons. The molecule has 9 heteroatoms. The fraction of sp³-hybridized carbons (Fsp3) is 0.343. The van der Waals surface area contributed by atoms with Crippen molar-refractivity contribution in [1.82, 2.24) is 0 Å². The van der Waals surface area contributed by atoms with Crippen molar-refractivity contribution in [3.05, 3.63) is 82.9 Å². The lowest BCUT2D eigenvalue weighted by Gasteiger charge is -2.30. The van der Waals surface area contributed by atoms with E-state index in [9.17, 15) is 18.3 Å². The third-order valence-electron chi connectivity index (χ3n) is 7.86. The average Bonchev–Trinajstić information content (AvgIpc) is 2.96. The highest BCUT2D eigenvalue weighted by atomic mass is 32.2. The van der Waals surface area contributed by atoms with Gasteiger partial charge in [-0.1, -0.05) is 30.3 Å². The molecule has 1 unspecified atom stereocenters. The van der Waals surface area contributed by atoms with Crippen molar-refractivity contribution < 1.29 is 27.8 Å². The smallest absolute Gasteiger partial charge is 0.337 e. The number of aryl methyl sites for hydroxylation is 2. The zero-order valence-electron chi connectivity index (χ0n) is 26.3. The van der Waals surface area contributed by atoms with Gasteiger partial charge >= 0.3 is 5.97 Å². The second-order valence-corrected chi connectivity index (χ2v) is 14.2. The van der Waals surface area contributed by atoms with Crippen LogP contribution in [0.3, 0.4) is 0 Å². The fourth-order valence-electron chi connectivity index (χ4n) is 5.95. The number of sulfonamides is 1. The molecule has 1 aliphatic rings. The molecule has 1 aliphatic heterocycles. The van der Waals surface area contributed by atoms with Gasteiger partial charge in [-0.2, -0.15) is 0 Å². The highest BCUT2D eigenvalue weighted by Crippen LogP contribution is 2.43. The van der Waals surface area contributed by atoms with E-state index in [1.807, 2.05) is 62.3 Å². The lowest BCUT2D eigenvalue weighted by Crippen LogP contribution is -2.28. The minimum absolute atomic E-state index is 0.136. The van der Waals surface area contributed by atoms with Crippen molar-refractivity contribution in [2.45, 2.75) is 64.1 Å². The first kappa shape index (κ1) is 31.3. The van der Waals surface area contributed by atoms with Gasteiger partial charge in [0.1, 0.15) is 5.75 Å². The lowest BCUT2D eigenvalue weighted by atomic mass is 9.86. The molecule has 0 aliphatic carbocycles. The van der Waals surface area contributed by atoms with Crippen LogP contribution < -0.4 is 14.4 Å². The minimum atomic E-state index is -4.08. The molecule has 1 heterocycles. The number of carboxylic acid groups (broad SMARTS) is 1. The number of anilines is 2. The number of carbonyl (C=O) groups is 1. The SMILES string of the molecule is Cc1cc(NS(=O)(=O)c2cccc3c(N(C)C)cccc23)c(C)c(C(OC(C)(C)C)C(=O)O)c1-c1ccc2c(c1)CCCO2. The molecule has 0 fully saturated rings. The maximum Gasteiger partial charge on any atom is 0.337 e. The van der Waals surface area contributed by atoms with E-state index in [2.05, 4.69) is 4.72 Å². The van der Waals surface area contributed by atoms with E-state index < -0.39 is 27.7 Å². The van der Waals surface area contributed by atoms with Gasteiger partial charge in [0.2, 0.25) is 0 Å². The summed E-state index contributed by atoms with van der Waals surface area (Å²) in [6, 6.07) is 18.4. The monoisotopic (exact) mass is 616 g/mol. The molecule has 4 aromatic rings. The van der Waals surface area contributed by atoms with E-state index in [-0.39, 0.29) is 4.90 Å². The minimum Gasteiger partial charge on any atom is -0.493 e. The molecule has 0 amide bonds. The Labute approximate surface area is 259 Å². The van der Waals surface area contributed by atoms with Crippen LogP contribution in [0.5, 0.6) is 5.75 Å². The number of carboxylic acids is 1. The summed E-state index contributed by atoms with van der Waals surface area (Å²) in [5, 5.41) is 11.9. The number of hydrogen-bond acceptors (Lipinski definition) is 6. The number of ether oxygens (including phenoxy) is 2. The zero-order valence-corrected chi connectivity index (χ0v) is 27.1. The third-order valence-corrected chi connectivity index (χ3v) is 9.29. The highest BCUT2D eigenvalue weighted by Gasteiger charge is 2.33. The molecule has 2 N–H and O–H groups in total. The van der Waals surface area contributed by atoms with E-state index in [4.69, 9.17) is 9.47 Å². The highest BCUT2D eigenvalue weighted by molar-refractivity contribution is 7.93. The molecule has 0 radical (unpaired) electrons. The van der Waals surface area contributed by atoms with Gasteiger partial charge in [0.15, 0.2) is 6.10 Å². The summed E-state index contributed by atoms with van der Waals surface area (Å²) >= 11 is 0. The van der Waals surface area contributed by atoms with E-state index >= 15 is 0 Å². The van der Waals surface area contributed by atoms with Gasteiger partial charge in [0.05, 0.1) is 22.8 Å². The van der Waals surface area contributed by atoms with Crippen LogP contribution in [0.2, 0.25) is 0 Å². The van der Waals surface area contributed by atoms with E-state index in [1.165, 1.54) is 0 Å². The third kappa shape index (κ3) is 6.12. The van der Waals surface area contributed by atoms with Crippen LogP contribution in [0.4, 0.5) is 11.4 Å². The van der Waals surface area contributed by atoms with Gasteiger partial charge in [-0.15, -0.1) is 0 Å². The topological polar surface area (TPSA) is 105 Å². The van der Waals surface area contributed by atoms with Crippen LogP contribution in [0, 0.1) is 13.8 Å². The number of nitrogens with zero attached hydrogens (tertiary/aromatic N) is 1. The molecular formula is C35H40N2O6S. The Morgan fingerprint density at radius 1 is 1.02 bits per heavy atom. The summed E-state index contributed by atoms with van der Waals surface area (Å²) in [4.78, 5) is 14.9. The van der Waals surface area contributed by atoms with Gasteiger partial charge in [-0.05, 0) is 106 Å². The average molecular weight is 617 g/mol. The van der Waals surface area contributed by atoms with Crippen molar-refractivity contribution in [3.63, 3.8) is 0 Å². The van der Waals surface area contributed by atoms with Crippen molar-refractivity contribution in [2.24, 2.45) is 0 Å². The first-order valence-corrected chi connectivity index (χ1v) is 16.2. The summed E-state index contributed by atoms with van der Waals surface area (Å²) in [5.74, 6) is -0.330. The molecule has 0 bridgehead atoms. The summed E-state index contributed by atoms with van der Waals surface area (Å²) in [7, 11) is -0.254. The van der Waals surface area contributed by atoms with Gasteiger partial charge in [-0.3, -0.25) is 4.72 Å². The summed E-state index contributed by atoms with van der Waals surface area (Å²) in [6.07, 6.45) is 0.410. The van der Waals surface area contributed by atoms with Crippen LogP contribution >= 0.6 is 0 Å². The Morgan fingerprint density at radius 3 is 2.41 bits per heavy atom. The predicted octanol–water partition coefficient (Wildman–Crippen LogP) is 7.26. The predicted molar refractivity (Wildman–Crippen MR) is 175 cm³/mol. The summed E-state index contributed by atoms with van der Waals surface area (Å²) in [6.45, 7) is 9.68. The largest absolute Gasteiger partial charge is 0.493 e. The van der Waals surface area contributed by atoms with Crippen molar-refractivity contribution in [1.29, 1.82) is 0 Å². The van der Waals surface area contributed by atoms with Crippen molar-refractivity contribution >= 4 is 38.1 Å². The maximum atomic E-state index is 14.0. The van der Waals surface area contributed by atoms with Crippen LogP contribution in [0.1, 0.15) is 55.5 Å². The van der Waals surface area contributed by atoms with Gasteiger partial charge in [0.25, 0.3) is 10.0 Å². The second-order valence-electron chi connectivity index (χ2n) is 12.5. The zero-order chi connectivity index (χ0) is 32.0. The fourth-order valence-corrected chi connectivity index (χ4v) is 7.29. The van der Waals surface area contributed by atoms with Crippen LogP contribution in [0.25, 0.3) is 21.9 Å². The summed E-state index contributed by atoms with van der Waals surface area (Å²) in [5.41, 5.74) is 4.61.